The van der Waals surface area contributed by atoms with E-state index in [-0.39, 0.29) is 23.8 Å². The molecule has 1 aliphatic heterocycles. The molecule has 1 unspecified atom stereocenters. The summed E-state index contributed by atoms with van der Waals surface area (Å²) in [5.74, 6) is -0.795. The Morgan fingerprint density at radius 2 is 2.13 bits per heavy atom. The molecule has 1 aromatic rings. The number of sulfonamides is 1. The van der Waals surface area contributed by atoms with Gasteiger partial charge in [0.25, 0.3) is 0 Å². The number of carboxylic acids is 1. The van der Waals surface area contributed by atoms with E-state index in [9.17, 15) is 18.0 Å². The van der Waals surface area contributed by atoms with Crippen LogP contribution < -0.4 is 0 Å². The lowest BCUT2D eigenvalue weighted by Gasteiger charge is -2.25. The average Bonchev–Trinajstić information content (AvgIpc) is 3.03. The minimum atomic E-state index is -3.43. The molecule has 23 heavy (non-hydrogen) atoms. The highest BCUT2D eigenvalue weighted by Gasteiger charge is 2.38. The van der Waals surface area contributed by atoms with E-state index in [1.54, 1.807) is 7.05 Å². The largest absolute Gasteiger partial charge is 0.478 e. The van der Waals surface area contributed by atoms with E-state index in [1.807, 2.05) is 0 Å². The third kappa shape index (κ3) is 3.73. The van der Waals surface area contributed by atoms with Gasteiger partial charge in [-0.05, 0) is 25.8 Å². The molecule has 0 spiro atoms. The average molecular weight is 344 g/mol. The van der Waals surface area contributed by atoms with Crippen LogP contribution in [-0.4, -0.2) is 60.5 Å². The summed E-state index contributed by atoms with van der Waals surface area (Å²) in [5.41, 5.74) is 0.0551. The third-order valence-corrected chi connectivity index (χ3v) is 5.17. The molecule has 1 fully saturated rings. The van der Waals surface area contributed by atoms with Crippen molar-refractivity contribution in [3.63, 3.8) is 0 Å². The van der Waals surface area contributed by atoms with Crippen LogP contribution in [0.1, 0.15) is 34.7 Å². The molecule has 0 saturated carbocycles. The summed E-state index contributed by atoms with van der Waals surface area (Å²) in [6.07, 6.45) is 2.21. The maximum Gasteiger partial charge on any atom is 0.339 e. The molecule has 8 nitrogen and oxygen atoms in total. The Morgan fingerprint density at radius 3 is 2.65 bits per heavy atom. The van der Waals surface area contributed by atoms with Crippen LogP contribution in [0.25, 0.3) is 0 Å². The van der Waals surface area contributed by atoms with Gasteiger partial charge in [0.15, 0.2) is 0 Å². The quantitative estimate of drug-likeness (QED) is 0.841. The van der Waals surface area contributed by atoms with Crippen LogP contribution in [0, 0.1) is 6.92 Å². The van der Waals surface area contributed by atoms with Crippen molar-refractivity contribution in [1.29, 1.82) is 0 Å². The lowest BCUT2D eigenvalue weighted by Crippen LogP contribution is -2.45. The predicted octanol–water partition coefficient (Wildman–Crippen LogP) is 0.669. The van der Waals surface area contributed by atoms with Gasteiger partial charge in [0.1, 0.15) is 23.1 Å². The summed E-state index contributed by atoms with van der Waals surface area (Å²) in [6.45, 7) is 1.96. The fourth-order valence-corrected chi connectivity index (χ4v) is 3.90. The normalized spacial score (nSPS) is 19.0. The molecule has 2 rings (SSSR count). The van der Waals surface area contributed by atoms with Crippen LogP contribution in [0.2, 0.25) is 0 Å². The Hall–Kier alpha value is -1.87. The fourth-order valence-electron chi connectivity index (χ4n) is 2.78. The summed E-state index contributed by atoms with van der Waals surface area (Å²) < 4.78 is 30.0. The number of aromatic carboxylic acids is 1. The fraction of sp³-hybridized carbons (Fsp3) is 0.571. The highest BCUT2D eigenvalue weighted by molar-refractivity contribution is 7.88. The van der Waals surface area contributed by atoms with Crippen molar-refractivity contribution >= 4 is 21.9 Å². The van der Waals surface area contributed by atoms with Gasteiger partial charge in [0.2, 0.25) is 15.9 Å². The van der Waals surface area contributed by atoms with Gasteiger partial charge in [-0.1, -0.05) is 0 Å². The third-order valence-electron chi connectivity index (χ3n) is 3.88. The maximum atomic E-state index is 12.5. The first-order chi connectivity index (χ1) is 10.6. The number of furan rings is 1. The zero-order chi connectivity index (χ0) is 17.4. The Labute approximate surface area is 134 Å². The van der Waals surface area contributed by atoms with Crippen molar-refractivity contribution < 1.29 is 27.5 Å². The van der Waals surface area contributed by atoms with E-state index in [4.69, 9.17) is 9.52 Å². The molecular formula is C14H20N2O6S. The molecule has 128 valence electrons. The van der Waals surface area contributed by atoms with Crippen LogP contribution in [0.3, 0.4) is 0 Å². The van der Waals surface area contributed by atoms with Crippen LogP contribution in [0.5, 0.6) is 0 Å². The van der Waals surface area contributed by atoms with Gasteiger partial charge in [0, 0.05) is 13.6 Å². The molecular weight excluding hydrogens is 324 g/mol. The van der Waals surface area contributed by atoms with Gasteiger partial charge in [-0.3, -0.25) is 4.79 Å². The standard InChI is InChI=1S/C14H20N2O6S/c1-9-11(14(18)19)7-10(22-9)8-15(2)13(17)12-5-4-6-16(12)23(3,20)21/h7,12H,4-6,8H2,1-3H3,(H,18,19). The van der Waals surface area contributed by atoms with Crippen molar-refractivity contribution in [2.24, 2.45) is 0 Å². The molecule has 9 heteroatoms. The molecule has 2 heterocycles. The highest BCUT2D eigenvalue weighted by Crippen LogP contribution is 2.23. The van der Waals surface area contributed by atoms with Crippen molar-refractivity contribution in [1.82, 2.24) is 9.21 Å². The van der Waals surface area contributed by atoms with Crippen LogP contribution in [-0.2, 0) is 21.4 Å². The molecule has 0 bridgehead atoms. The van der Waals surface area contributed by atoms with Gasteiger partial charge in [-0.2, -0.15) is 4.31 Å². The number of likely N-dealkylation sites (N-methyl/N-ethyl adjacent to an activating group) is 1. The number of amides is 1. The topological polar surface area (TPSA) is 108 Å². The van der Waals surface area contributed by atoms with Crippen molar-refractivity contribution in [2.45, 2.75) is 32.4 Å². The Balaban J connectivity index is 2.11. The molecule has 1 saturated heterocycles. The van der Waals surface area contributed by atoms with E-state index < -0.39 is 22.0 Å². The lowest BCUT2D eigenvalue weighted by molar-refractivity contribution is -0.134. The second-order valence-corrected chi connectivity index (χ2v) is 7.65. The molecule has 1 atom stereocenters. The summed E-state index contributed by atoms with van der Waals surface area (Å²) in [5, 5.41) is 9.01. The minimum absolute atomic E-state index is 0.0551. The van der Waals surface area contributed by atoms with Crippen molar-refractivity contribution in [3.8, 4) is 0 Å². The smallest absolute Gasteiger partial charge is 0.339 e. The molecule has 1 N–H and O–H groups in total. The molecule has 0 radical (unpaired) electrons. The summed E-state index contributed by atoms with van der Waals surface area (Å²) >= 11 is 0. The van der Waals surface area contributed by atoms with E-state index in [2.05, 4.69) is 0 Å². The van der Waals surface area contributed by atoms with Gasteiger partial charge < -0.3 is 14.4 Å². The number of nitrogens with zero attached hydrogens (tertiary/aromatic N) is 2. The second-order valence-electron chi connectivity index (χ2n) is 5.71. The zero-order valence-corrected chi connectivity index (χ0v) is 14.1. The maximum absolute atomic E-state index is 12.5. The van der Waals surface area contributed by atoms with E-state index in [0.29, 0.717) is 25.1 Å². The number of hydrogen-bond donors (Lipinski definition) is 1. The lowest BCUT2D eigenvalue weighted by atomic mass is 10.2. The number of hydrogen-bond acceptors (Lipinski definition) is 5. The first-order valence-electron chi connectivity index (χ1n) is 7.15. The number of aryl methyl sites for hydroxylation is 1. The zero-order valence-electron chi connectivity index (χ0n) is 13.3. The van der Waals surface area contributed by atoms with E-state index in [0.717, 1.165) is 6.26 Å². The molecule has 1 aromatic heterocycles. The second kappa shape index (κ2) is 6.32. The summed E-state index contributed by atoms with van der Waals surface area (Å²) in [4.78, 5) is 24.9. The van der Waals surface area contributed by atoms with Gasteiger partial charge in [0.05, 0.1) is 12.8 Å². The Bertz CT molecular complexity index is 724. The molecule has 0 aromatic carbocycles. The van der Waals surface area contributed by atoms with Gasteiger partial charge >= 0.3 is 5.97 Å². The summed E-state index contributed by atoms with van der Waals surface area (Å²) in [6, 6.07) is 0.676. The van der Waals surface area contributed by atoms with Gasteiger partial charge in [-0.15, -0.1) is 0 Å². The minimum Gasteiger partial charge on any atom is -0.478 e. The molecule has 1 amide bonds. The number of carboxylic acid groups (broad SMARTS) is 1. The van der Waals surface area contributed by atoms with Crippen LogP contribution in [0.4, 0.5) is 0 Å². The number of carbonyl (C=O) groups excluding carboxylic acids is 1. The predicted molar refractivity (Wildman–Crippen MR) is 81.5 cm³/mol. The van der Waals surface area contributed by atoms with Crippen LogP contribution >= 0.6 is 0 Å². The Morgan fingerprint density at radius 1 is 1.48 bits per heavy atom. The molecule has 1 aliphatic rings. The van der Waals surface area contributed by atoms with E-state index in [1.165, 1.54) is 22.2 Å². The van der Waals surface area contributed by atoms with Crippen molar-refractivity contribution in [2.75, 3.05) is 19.8 Å². The van der Waals surface area contributed by atoms with E-state index >= 15 is 0 Å². The monoisotopic (exact) mass is 344 g/mol. The van der Waals surface area contributed by atoms with Crippen LogP contribution in [0.15, 0.2) is 10.5 Å². The summed E-state index contributed by atoms with van der Waals surface area (Å²) in [7, 11) is -1.89. The van der Waals surface area contributed by atoms with Crippen molar-refractivity contribution in [3.05, 3.63) is 23.2 Å². The van der Waals surface area contributed by atoms with Gasteiger partial charge in [-0.25, -0.2) is 13.2 Å². The first kappa shape index (κ1) is 17.5. The molecule has 0 aliphatic carbocycles. The number of carbonyl (C=O) groups is 2. The SMILES string of the molecule is Cc1oc(CN(C)C(=O)C2CCCN2S(C)(=O)=O)cc1C(=O)O. The highest BCUT2D eigenvalue weighted by atomic mass is 32.2. The Kier molecular flexibility index (Phi) is 4.81. The number of rotatable bonds is 5. The first-order valence-corrected chi connectivity index (χ1v) is 9.00.